The molecular formula is C15H33NO2. The zero-order chi connectivity index (χ0) is 14.2. The predicted octanol–water partition coefficient (Wildman–Crippen LogP) is 3.37. The van der Waals surface area contributed by atoms with Gasteiger partial charge in [0.2, 0.25) is 0 Å². The molecule has 0 aromatic rings. The van der Waals surface area contributed by atoms with E-state index in [-0.39, 0.29) is 11.2 Å². The lowest BCUT2D eigenvalue weighted by Crippen LogP contribution is -2.39. The van der Waals surface area contributed by atoms with Crippen molar-refractivity contribution in [2.24, 2.45) is 0 Å². The van der Waals surface area contributed by atoms with Crippen molar-refractivity contribution in [2.45, 2.75) is 77.5 Å². The Labute approximate surface area is 114 Å². The Bertz CT molecular complexity index is 215. The summed E-state index contributed by atoms with van der Waals surface area (Å²) < 4.78 is 11.0. The second-order valence-corrected chi connectivity index (χ2v) is 6.32. The van der Waals surface area contributed by atoms with Crippen molar-refractivity contribution >= 4 is 0 Å². The number of hydrogen-bond acceptors (Lipinski definition) is 3. The van der Waals surface area contributed by atoms with Gasteiger partial charge in [-0.2, -0.15) is 0 Å². The molecule has 0 aliphatic rings. The Kier molecular flexibility index (Phi) is 8.08. The lowest BCUT2D eigenvalue weighted by Gasteiger charge is -2.31. The molecule has 1 unspecified atom stereocenters. The largest absolute Gasteiger partial charge is 0.379 e. The van der Waals surface area contributed by atoms with Gasteiger partial charge >= 0.3 is 0 Å². The van der Waals surface area contributed by atoms with Gasteiger partial charge in [0.1, 0.15) is 0 Å². The van der Waals surface area contributed by atoms with E-state index in [1.165, 1.54) is 0 Å². The molecule has 3 nitrogen and oxygen atoms in total. The lowest BCUT2D eigenvalue weighted by atomic mass is 9.91. The van der Waals surface area contributed by atoms with Crippen LogP contribution in [-0.2, 0) is 9.47 Å². The van der Waals surface area contributed by atoms with Crippen LogP contribution in [0.15, 0.2) is 0 Å². The van der Waals surface area contributed by atoms with E-state index in [0.717, 1.165) is 32.2 Å². The maximum atomic E-state index is 5.54. The van der Waals surface area contributed by atoms with Crippen LogP contribution in [0.5, 0.6) is 0 Å². The van der Waals surface area contributed by atoms with Crippen LogP contribution in [-0.4, -0.2) is 38.0 Å². The van der Waals surface area contributed by atoms with E-state index in [0.29, 0.717) is 6.04 Å². The molecule has 0 amide bonds. The van der Waals surface area contributed by atoms with E-state index >= 15 is 0 Å². The van der Waals surface area contributed by atoms with Crippen LogP contribution < -0.4 is 5.32 Å². The fourth-order valence-corrected chi connectivity index (χ4v) is 1.93. The van der Waals surface area contributed by atoms with Crippen molar-refractivity contribution in [1.82, 2.24) is 5.32 Å². The summed E-state index contributed by atoms with van der Waals surface area (Å²) in [4.78, 5) is 0. The van der Waals surface area contributed by atoms with Crippen LogP contribution in [0.2, 0.25) is 0 Å². The van der Waals surface area contributed by atoms with Crippen molar-refractivity contribution in [3.05, 3.63) is 0 Å². The Hall–Kier alpha value is -0.120. The molecule has 3 heteroatoms. The quantitative estimate of drug-likeness (QED) is 0.652. The highest BCUT2D eigenvalue weighted by molar-refractivity contribution is 4.81. The van der Waals surface area contributed by atoms with Crippen LogP contribution in [0.1, 0.15) is 60.3 Å². The van der Waals surface area contributed by atoms with E-state index in [1.807, 2.05) is 0 Å². The first kappa shape index (κ1) is 17.9. The number of hydrogen-bond donors (Lipinski definition) is 1. The Morgan fingerprint density at radius 3 is 2.00 bits per heavy atom. The first-order chi connectivity index (χ1) is 8.26. The molecule has 0 spiro atoms. The van der Waals surface area contributed by atoms with Crippen molar-refractivity contribution < 1.29 is 9.47 Å². The van der Waals surface area contributed by atoms with Gasteiger partial charge in [0.25, 0.3) is 0 Å². The van der Waals surface area contributed by atoms with Crippen molar-refractivity contribution in [1.29, 1.82) is 0 Å². The second kappa shape index (κ2) is 8.13. The summed E-state index contributed by atoms with van der Waals surface area (Å²) in [6, 6.07) is 0.495. The lowest BCUT2D eigenvalue weighted by molar-refractivity contribution is -0.00594. The highest BCUT2D eigenvalue weighted by Gasteiger charge is 2.25. The minimum Gasteiger partial charge on any atom is -0.379 e. The molecule has 0 aromatic carbocycles. The third-order valence-electron chi connectivity index (χ3n) is 3.62. The Morgan fingerprint density at radius 2 is 1.56 bits per heavy atom. The van der Waals surface area contributed by atoms with Crippen LogP contribution in [0.4, 0.5) is 0 Å². The van der Waals surface area contributed by atoms with Crippen molar-refractivity contribution in [2.75, 3.05) is 20.8 Å². The number of nitrogens with one attached hydrogen (secondary N) is 1. The van der Waals surface area contributed by atoms with Crippen LogP contribution in [0, 0.1) is 0 Å². The molecular weight excluding hydrogens is 226 g/mol. The molecule has 0 saturated heterocycles. The maximum absolute atomic E-state index is 5.54. The molecule has 0 aromatic heterocycles. The molecule has 0 heterocycles. The van der Waals surface area contributed by atoms with E-state index < -0.39 is 0 Å². The zero-order valence-electron chi connectivity index (χ0n) is 13.4. The van der Waals surface area contributed by atoms with Gasteiger partial charge in [-0.05, 0) is 59.9 Å². The molecule has 110 valence electrons. The fraction of sp³-hybridized carbons (Fsp3) is 1.00. The molecule has 1 N–H and O–H groups in total. The first-order valence-electron chi connectivity index (χ1n) is 7.10. The minimum absolute atomic E-state index is 0.0383. The molecule has 0 fully saturated rings. The van der Waals surface area contributed by atoms with E-state index in [4.69, 9.17) is 9.47 Å². The maximum Gasteiger partial charge on any atom is 0.0637 e. The van der Waals surface area contributed by atoms with Gasteiger partial charge in [-0.1, -0.05) is 6.92 Å². The van der Waals surface area contributed by atoms with Gasteiger partial charge in [0, 0.05) is 20.3 Å². The molecule has 0 aliphatic heterocycles. The fourth-order valence-electron chi connectivity index (χ4n) is 1.93. The Morgan fingerprint density at radius 1 is 1.00 bits per heavy atom. The summed E-state index contributed by atoms with van der Waals surface area (Å²) in [5.74, 6) is 0. The predicted molar refractivity (Wildman–Crippen MR) is 78.1 cm³/mol. The van der Waals surface area contributed by atoms with Gasteiger partial charge in [0.05, 0.1) is 11.2 Å². The van der Waals surface area contributed by atoms with Crippen molar-refractivity contribution in [3.63, 3.8) is 0 Å². The van der Waals surface area contributed by atoms with Gasteiger partial charge in [-0.3, -0.25) is 0 Å². The number of methoxy groups -OCH3 is 2. The van der Waals surface area contributed by atoms with E-state index in [2.05, 4.69) is 39.9 Å². The molecule has 18 heavy (non-hydrogen) atoms. The highest BCUT2D eigenvalue weighted by Crippen LogP contribution is 2.22. The molecule has 1 atom stereocenters. The third kappa shape index (κ3) is 8.06. The van der Waals surface area contributed by atoms with Gasteiger partial charge in [-0.25, -0.2) is 0 Å². The molecule has 0 radical (unpaired) electrons. The average Bonchev–Trinajstić information content (AvgIpc) is 2.32. The zero-order valence-corrected chi connectivity index (χ0v) is 13.4. The average molecular weight is 259 g/mol. The summed E-state index contributed by atoms with van der Waals surface area (Å²) in [6.07, 6.45) is 4.37. The SMILES string of the molecule is CCCNC(CCC(C)(C)OC)CC(C)(C)OC. The summed E-state index contributed by atoms with van der Waals surface area (Å²) in [6.45, 7) is 11.9. The molecule has 0 aliphatic carbocycles. The summed E-state index contributed by atoms with van der Waals surface area (Å²) in [5, 5.41) is 3.62. The summed E-state index contributed by atoms with van der Waals surface area (Å²) in [7, 11) is 3.57. The highest BCUT2D eigenvalue weighted by atomic mass is 16.5. The first-order valence-corrected chi connectivity index (χ1v) is 7.10. The number of ether oxygens (including phenoxy) is 2. The standard InChI is InChI=1S/C15H33NO2/c1-8-11-16-13(12-15(4,5)18-7)9-10-14(2,3)17-6/h13,16H,8-12H2,1-7H3. The second-order valence-electron chi connectivity index (χ2n) is 6.32. The molecule has 0 saturated carbocycles. The van der Waals surface area contributed by atoms with Gasteiger partial charge in [0.15, 0.2) is 0 Å². The van der Waals surface area contributed by atoms with Crippen LogP contribution in [0.25, 0.3) is 0 Å². The Balaban J connectivity index is 4.31. The van der Waals surface area contributed by atoms with Crippen molar-refractivity contribution in [3.8, 4) is 0 Å². The van der Waals surface area contributed by atoms with Crippen LogP contribution >= 0.6 is 0 Å². The van der Waals surface area contributed by atoms with E-state index in [9.17, 15) is 0 Å². The molecule has 0 bridgehead atoms. The summed E-state index contributed by atoms with van der Waals surface area (Å²) >= 11 is 0. The molecule has 0 rings (SSSR count). The van der Waals surface area contributed by atoms with Gasteiger partial charge in [-0.15, -0.1) is 0 Å². The monoisotopic (exact) mass is 259 g/mol. The number of rotatable bonds is 10. The summed E-state index contributed by atoms with van der Waals surface area (Å²) in [5.41, 5.74) is -0.105. The topological polar surface area (TPSA) is 30.5 Å². The van der Waals surface area contributed by atoms with Gasteiger partial charge < -0.3 is 14.8 Å². The normalized spacial score (nSPS) is 14.8. The van der Waals surface area contributed by atoms with E-state index in [1.54, 1.807) is 14.2 Å². The third-order valence-corrected chi connectivity index (χ3v) is 3.62. The smallest absolute Gasteiger partial charge is 0.0637 e. The van der Waals surface area contributed by atoms with Crippen LogP contribution in [0.3, 0.4) is 0 Å². The minimum atomic E-state index is -0.0668.